The molecule has 2 atom stereocenters. The molecule has 0 radical (unpaired) electrons. The molecule has 0 aliphatic heterocycles. The lowest BCUT2D eigenvalue weighted by Crippen LogP contribution is -2.38. The monoisotopic (exact) mass is 605 g/mol. The Bertz CT molecular complexity index is 1500. The highest BCUT2D eigenvalue weighted by atomic mass is 79.9. The lowest BCUT2D eigenvalue weighted by molar-refractivity contribution is 0.00311. The van der Waals surface area contributed by atoms with Gasteiger partial charge in [0.05, 0.1) is 26.8 Å². The molecule has 7 nitrogen and oxygen atoms in total. The minimum atomic E-state index is -1.39. The number of aromatic nitrogens is 2. The number of aryl methyl sites for hydroxylation is 1. The Morgan fingerprint density at radius 3 is 2.35 bits per heavy atom. The van der Waals surface area contributed by atoms with E-state index >= 15 is 0 Å². The molecular weight excluding hydrogens is 570 g/mol. The predicted molar refractivity (Wildman–Crippen MR) is 161 cm³/mol. The van der Waals surface area contributed by atoms with Gasteiger partial charge in [-0.05, 0) is 86.3 Å². The van der Waals surface area contributed by atoms with E-state index in [0.29, 0.717) is 36.2 Å². The average molecular weight is 607 g/mol. The fraction of sp³-hybridized carbons (Fsp3) is 0.375. The predicted octanol–water partition coefficient (Wildman–Crippen LogP) is 5.88. The molecule has 0 spiro atoms. The molecule has 210 valence electrons. The summed E-state index contributed by atoms with van der Waals surface area (Å²) in [5, 5.41) is 14.1. The lowest BCUT2D eigenvalue weighted by Gasteiger charge is -2.39. The second kappa shape index (κ2) is 11.7. The molecule has 0 amide bonds. The quantitative estimate of drug-likeness (QED) is 0.242. The van der Waals surface area contributed by atoms with Gasteiger partial charge in [-0.25, -0.2) is 4.98 Å². The molecule has 8 heteroatoms. The zero-order valence-corrected chi connectivity index (χ0v) is 25.3. The molecule has 1 N–H and O–H groups in total. The number of benzene rings is 2. The third-order valence-corrected chi connectivity index (χ3v) is 8.37. The number of fused-ring (bicyclic) bond motifs is 2. The zero-order chi connectivity index (χ0) is 28.4. The number of hydrogen-bond acceptors (Lipinski definition) is 7. The van der Waals surface area contributed by atoms with Gasteiger partial charge in [0, 0.05) is 40.0 Å². The van der Waals surface area contributed by atoms with Crippen molar-refractivity contribution in [2.75, 3.05) is 42.0 Å². The minimum absolute atomic E-state index is 0.377. The van der Waals surface area contributed by atoms with E-state index < -0.39 is 11.5 Å². The summed E-state index contributed by atoms with van der Waals surface area (Å²) in [6.07, 6.45) is 3.52. The van der Waals surface area contributed by atoms with Gasteiger partial charge in [0.25, 0.3) is 0 Å². The van der Waals surface area contributed by atoms with E-state index in [9.17, 15) is 5.11 Å². The van der Waals surface area contributed by atoms with E-state index in [2.05, 4.69) is 56.1 Å². The van der Waals surface area contributed by atoms with Crippen molar-refractivity contribution >= 4 is 26.8 Å². The molecule has 4 aromatic rings. The van der Waals surface area contributed by atoms with Crippen LogP contribution in [-0.4, -0.2) is 61.9 Å². The molecule has 0 bridgehead atoms. The number of pyridine rings is 2. The van der Waals surface area contributed by atoms with Crippen molar-refractivity contribution in [3.8, 4) is 17.6 Å². The topological polar surface area (TPSA) is 76.9 Å². The maximum absolute atomic E-state index is 13.2. The van der Waals surface area contributed by atoms with Crippen molar-refractivity contribution in [2.24, 2.45) is 0 Å². The van der Waals surface area contributed by atoms with Gasteiger partial charge < -0.3 is 24.2 Å². The highest BCUT2D eigenvalue weighted by Gasteiger charge is 2.44. The Labute approximate surface area is 244 Å². The SMILES string of the molecule is COc1cc([C@](O)(CCN(C)C)[C@@H](c2cc3cc(Br)ccc3nc2OC)c2cccc3c2CCC3)cc(OC)n1. The average Bonchev–Trinajstić information content (AvgIpc) is 3.45. The Morgan fingerprint density at radius 1 is 0.925 bits per heavy atom. The van der Waals surface area contributed by atoms with Crippen LogP contribution in [0.25, 0.3) is 10.9 Å². The van der Waals surface area contributed by atoms with Crippen LogP contribution in [-0.2, 0) is 18.4 Å². The highest BCUT2D eigenvalue weighted by molar-refractivity contribution is 9.10. The van der Waals surface area contributed by atoms with Crippen LogP contribution in [0, 0.1) is 0 Å². The van der Waals surface area contributed by atoms with Crippen LogP contribution in [0.1, 0.15) is 46.6 Å². The number of hydrogen-bond donors (Lipinski definition) is 1. The molecule has 2 heterocycles. The van der Waals surface area contributed by atoms with E-state index in [1.165, 1.54) is 11.1 Å². The minimum Gasteiger partial charge on any atom is -0.481 e. The van der Waals surface area contributed by atoms with Crippen LogP contribution in [0.15, 0.2) is 59.1 Å². The number of halogens is 1. The van der Waals surface area contributed by atoms with Crippen molar-refractivity contribution in [1.29, 1.82) is 0 Å². The summed E-state index contributed by atoms with van der Waals surface area (Å²) in [5.41, 5.74) is 4.63. The van der Waals surface area contributed by atoms with Crippen molar-refractivity contribution in [2.45, 2.75) is 37.2 Å². The summed E-state index contributed by atoms with van der Waals surface area (Å²) in [6, 6.07) is 18.2. The van der Waals surface area contributed by atoms with E-state index in [4.69, 9.17) is 19.2 Å². The first-order valence-electron chi connectivity index (χ1n) is 13.5. The van der Waals surface area contributed by atoms with Crippen LogP contribution in [0.5, 0.6) is 17.6 Å². The van der Waals surface area contributed by atoms with Gasteiger partial charge in [-0.2, -0.15) is 4.98 Å². The van der Waals surface area contributed by atoms with E-state index in [0.717, 1.165) is 45.8 Å². The number of nitrogens with zero attached hydrogens (tertiary/aromatic N) is 3. The Hall–Kier alpha value is -3.20. The number of methoxy groups -OCH3 is 3. The van der Waals surface area contributed by atoms with Crippen molar-refractivity contribution < 1.29 is 19.3 Å². The maximum atomic E-state index is 13.2. The first-order valence-corrected chi connectivity index (χ1v) is 14.3. The van der Waals surface area contributed by atoms with Crippen LogP contribution >= 0.6 is 15.9 Å². The molecule has 1 aliphatic rings. The molecule has 0 unspecified atom stereocenters. The van der Waals surface area contributed by atoms with E-state index in [1.807, 2.05) is 38.4 Å². The van der Waals surface area contributed by atoms with Gasteiger partial charge in [-0.3, -0.25) is 0 Å². The standard InChI is InChI=1S/C32H36BrN3O4/c1-36(2)15-14-32(37,22-18-28(38-3)35-29(19-22)39-4)30(25-11-7-9-20-8-6-10-24(20)25)26-17-21-16-23(33)12-13-27(21)34-31(26)40-5/h7,9,11-13,16-19,30,37H,6,8,10,14-15H2,1-5H3/t30-,32-/m1/s1. The summed E-state index contributed by atoms with van der Waals surface area (Å²) in [6.45, 7) is 0.643. The summed E-state index contributed by atoms with van der Waals surface area (Å²) in [4.78, 5) is 11.4. The molecular formula is C32H36BrN3O4. The van der Waals surface area contributed by atoms with Crippen LogP contribution < -0.4 is 14.2 Å². The van der Waals surface area contributed by atoms with Crippen molar-refractivity contribution in [1.82, 2.24) is 14.9 Å². The van der Waals surface area contributed by atoms with Gasteiger partial charge in [0.1, 0.15) is 5.60 Å². The fourth-order valence-corrected chi connectivity index (χ4v) is 6.29. The summed E-state index contributed by atoms with van der Waals surface area (Å²) in [7, 11) is 8.80. The summed E-state index contributed by atoms with van der Waals surface area (Å²) < 4.78 is 18.0. The zero-order valence-electron chi connectivity index (χ0n) is 23.7. The van der Waals surface area contributed by atoms with Gasteiger partial charge in [-0.1, -0.05) is 34.1 Å². The van der Waals surface area contributed by atoms with Crippen LogP contribution in [0.3, 0.4) is 0 Å². The molecule has 40 heavy (non-hydrogen) atoms. The molecule has 5 rings (SSSR count). The molecule has 1 aliphatic carbocycles. The van der Waals surface area contributed by atoms with E-state index in [-0.39, 0.29) is 0 Å². The summed E-state index contributed by atoms with van der Waals surface area (Å²) in [5.74, 6) is 0.749. The fourth-order valence-electron chi connectivity index (χ4n) is 5.91. The van der Waals surface area contributed by atoms with Crippen molar-refractivity contribution in [3.63, 3.8) is 0 Å². The number of rotatable bonds is 10. The Kier molecular flexibility index (Phi) is 8.31. The molecule has 2 aromatic heterocycles. The smallest absolute Gasteiger partial charge is 0.217 e. The van der Waals surface area contributed by atoms with Gasteiger partial charge in [0.15, 0.2) is 0 Å². The Balaban J connectivity index is 1.85. The number of ether oxygens (including phenoxy) is 3. The lowest BCUT2D eigenvalue weighted by atomic mass is 9.70. The summed E-state index contributed by atoms with van der Waals surface area (Å²) >= 11 is 3.62. The highest BCUT2D eigenvalue weighted by Crippen LogP contribution is 2.50. The third-order valence-electron chi connectivity index (χ3n) is 7.88. The molecule has 0 saturated carbocycles. The van der Waals surface area contributed by atoms with Gasteiger partial charge in [0.2, 0.25) is 17.6 Å². The van der Waals surface area contributed by atoms with Gasteiger partial charge in [-0.15, -0.1) is 0 Å². The normalized spacial score (nSPS) is 15.1. The van der Waals surface area contributed by atoms with Crippen LogP contribution in [0.2, 0.25) is 0 Å². The maximum Gasteiger partial charge on any atom is 0.217 e. The molecule has 2 aromatic carbocycles. The molecule has 0 fully saturated rings. The largest absolute Gasteiger partial charge is 0.481 e. The van der Waals surface area contributed by atoms with Crippen LogP contribution in [0.4, 0.5) is 0 Å². The Morgan fingerprint density at radius 2 is 1.68 bits per heavy atom. The third kappa shape index (κ3) is 5.40. The van der Waals surface area contributed by atoms with E-state index in [1.54, 1.807) is 21.3 Å². The number of aliphatic hydroxyl groups is 1. The van der Waals surface area contributed by atoms with Crippen molar-refractivity contribution in [3.05, 3.63) is 86.9 Å². The second-order valence-electron chi connectivity index (χ2n) is 10.6. The second-order valence-corrected chi connectivity index (χ2v) is 11.5. The first-order chi connectivity index (χ1) is 19.3. The van der Waals surface area contributed by atoms with Gasteiger partial charge >= 0.3 is 0 Å². The first kappa shape index (κ1) is 28.3. The molecule has 0 saturated heterocycles.